The lowest BCUT2D eigenvalue weighted by atomic mass is 9.92. The molecule has 0 radical (unpaired) electrons. The second-order valence-corrected chi connectivity index (χ2v) is 5.89. The molecule has 1 rings (SSSR count). The summed E-state index contributed by atoms with van der Waals surface area (Å²) < 4.78 is 11.0. The van der Waals surface area contributed by atoms with Crippen molar-refractivity contribution in [2.24, 2.45) is 11.7 Å². The third kappa shape index (κ3) is 7.22. The number of carbonyl (C=O) groups is 1. The SMILES string of the molecule is CCOC(CCN(C)C)CNC(=O)C(N)C1CCOCC1. The molecule has 124 valence electrons. The second kappa shape index (κ2) is 10.1. The number of hydrogen-bond donors (Lipinski definition) is 2. The van der Waals surface area contributed by atoms with E-state index in [2.05, 4.69) is 10.2 Å². The Balaban J connectivity index is 2.33. The standard InChI is InChI=1S/C15H31N3O3/c1-4-21-13(5-8-18(2)3)11-17-15(19)14(16)12-6-9-20-10-7-12/h12-14H,4-11,16H2,1-3H3,(H,17,19). The quantitative estimate of drug-likeness (QED) is 0.637. The molecule has 0 aromatic carbocycles. The summed E-state index contributed by atoms with van der Waals surface area (Å²) in [6, 6.07) is -0.440. The van der Waals surface area contributed by atoms with Gasteiger partial charge in [-0.1, -0.05) is 0 Å². The molecule has 1 saturated heterocycles. The zero-order valence-electron chi connectivity index (χ0n) is 13.6. The van der Waals surface area contributed by atoms with Crippen LogP contribution in [0.1, 0.15) is 26.2 Å². The molecule has 0 saturated carbocycles. The van der Waals surface area contributed by atoms with Crippen LogP contribution in [0.15, 0.2) is 0 Å². The smallest absolute Gasteiger partial charge is 0.237 e. The topological polar surface area (TPSA) is 76.8 Å². The monoisotopic (exact) mass is 301 g/mol. The molecular weight excluding hydrogens is 270 g/mol. The van der Waals surface area contributed by atoms with Crippen LogP contribution < -0.4 is 11.1 Å². The van der Waals surface area contributed by atoms with E-state index in [1.165, 1.54) is 0 Å². The highest BCUT2D eigenvalue weighted by Crippen LogP contribution is 2.17. The molecule has 2 unspecified atom stereocenters. The molecule has 6 nitrogen and oxygen atoms in total. The van der Waals surface area contributed by atoms with E-state index < -0.39 is 6.04 Å². The summed E-state index contributed by atoms with van der Waals surface area (Å²) in [6.07, 6.45) is 2.67. The van der Waals surface area contributed by atoms with Gasteiger partial charge in [0.25, 0.3) is 0 Å². The molecule has 0 aromatic rings. The van der Waals surface area contributed by atoms with E-state index in [-0.39, 0.29) is 17.9 Å². The summed E-state index contributed by atoms with van der Waals surface area (Å²) in [7, 11) is 4.06. The van der Waals surface area contributed by atoms with Gasteiger partial charge in [0.1, 0.15) is 0 Å². The van der Waals surface area contributed by atoms with Crippen molar-refractivity contribution in [1.29, 1.82) is 0 Å². The van der Waals surface area contributed by atoms with Gasteiger partial charge in [-0.2, -0.15) is 0 Å². The van der Waals surface area contributed by atoms with Crippen LogP contribution in [0.3, 0.4) is 0 Å². The lowest BCUT2D eigenvalue weighted by molar-refractivity contribution is -0.125. The molecule has 1 fully saturated rings. The molecule has 6 heteroatoms. The van der Waals surface area contributed by atoms with Gasteiger partial charge in [-0.05, 0) is 46.2 Å². The Morgan fingerprint density at radius 3 is 2.67 bits per heavy atom. The highest BCUT2D eigenvalue weighted by molar-refractivity contribution is 5.81. The van der Waals surface area contributed by atoms with Gasteiger partial charge in [-0.3, -0.25) is 4.79 Å². The first-order valence-corrected chi connectivity index (χ1v) is 7.92. The summed E-state index contributed by atoms with van der Waals surface area (Å²) in [4.78, 5) is 14.3. The first kappa shape index (κ1) is 18.4. The van der Waals surface area contributed by atoms with E-state index in [4.69, 9.17) is 15.2 Å². The van der Waals surface area contributed by atoms with Crippen LogP contribution in [0.5, 0.6) is 0 Å². The van der Waals surface area contributed by atoms with Crippen molar-refractivity contribution in [2.75, 3.05) is 47.0 Å². The number of amides is 1. The van der Waals surface area contributed by atoms with Crippen LogP contribution in [-0.2, 0) is 14.3 Å². The van der Waals surface area contributed by atoms with Gasteiger partial charge in [0, 0.05) is 32.9 Å². The Morgan fingerprint density at radius 2 is 2.10 bits per heavy atom. The fourth-order valence-electron chi connectivity index (χ4n) is 2.50. The van der Waals surface area contributed by atoms with Gasteiger partial charge < -0.3 is 25.4 Å². The number of hydrogen-bond acceptors (Lipinski definition) is 5. The number of nitrogens with two attached hydrogens (primary N) is 1. The van der Waals surface area contributed by atoms with E-state index in [1.807, 2.05) is 21.0 Å². The Labute approximate surface area is 128 Å². The van der Waals surface area contributed by atoms with Crippen molar-refractivity contribution in [3.8, 4) is 0 Å². The van der Waals surface area contributed by atoms with E-state index >= 15 is 0 Å². The normalized spacial score (nSPS) is 19.5. The molecule has 0 spiro atoms. The van der Waals surface area contributed by atoms with E-state index in [0.29, 0.717) is 26.4 Å². The zero-order chi connectivity index (χ0) is 15.7. The minimum Gasteiger partial charge on any atom is -0.381 e. The molecule has 0 aromatic heterocycles. The van der Waals surface area contributed by atoms with Crippen LogP contribution in [-0.4, -0.2) is 70.0 Å². The van der Waals surface area contributed by atoms with Crippen molar-refractivity contribution in [3.63, 3.8) is 0 Å². The minimum atomic E-state index is -0.440. The molecule has 2 atom stereocenters. The average Bonchev–Trinajstić information content (AvgIpc) is 2.49. The van der Waals surface area contributed by atoms with Gasteiger partial charge in [0.2, 0.25) is 5.91 Å². The molecule has 1 heterocycles. The third-order valence-electron chi connectivity index (χ3n) is 3.88. The number of ether oxygens (including phenoxy) is 2. The lowest BCUT2D eigenvalue weighted by Gasteiger charge is -2.27. The zero-order valence-corrected chi connectivity index (χ0v) is 13.6. The molecule has 1 aliphatic heterocycles. The molecule has 0 aliphatic carbocycles. The summed E-state index contributed by atoms with van der Waals surface area (Å²) in [5.41, 5.74) is 6.06. The van der Waals surface area contributed by atoms with Gasteiger partial charge in [0.05, 0.1) is 12.1 Å². The lowest BCUT2D eigenvalue weighted by Crippen LogP contribution is -2.49. The first-order chi connectivity index (χ1) is 10.0. The molecule has 0 bridgehead atoms. The van der Waals surface area contributed by atoms with Gasteiger partial charge in [-0.25, -0.2) is 0 Å². The summed E-state index contributed by atoms with van der Waals surface area (Å²) in [5.74, 6) is 0.155. The van der Waals surface area contributed by atoms with Crippen LogP contribution in [0.4, 0.5) is 0 Å². The van der Waals surface area contributed by atoms with Crippen molar-refractivity contribution in [1.82, 2.24) is 10.2 Å². The Morgan fingerprint density at radius 1 is 1.43 bits per heavy atom. The fraction of sp³-hybridized carbons (Fsp3) is 0.933. The maximum Gasteiger partial charge on any atom is 0.237 e. The predicted molar refractivity (Wildman–Crippen MR) is 83.1 cm³/mol. The van der Waals surface area contributed by atoms with Gasteiger partial charge in [-0.15, -0.1) is 0 Å². The van der Waals surface area contributed by atoms with Crippen molar-refractivity contribution < 1.29 is 14.3 Å². The third-order valence-corrected chi connectivity index (χ3v) is 3.88. The largest absolute Gasteiger partial charge is 0.381 e. The van der Waals surface area contributed by atoms with Crippen LogP contribution in [0, 0.1) is 5.92 Å². The van der Waals surface area contributed by atoms with Gasteiger partial charge >= 0.3 is 0 Å². The second-order valence-electron chi connectivity index (χ2n) is 5.89. The van der Waals surface area contributed by atoms with Crippen molar-refractivity contribution in [2.45, 2.75) is 38.3 Å². The van der Waals surface area contributed by atoms with Crippen molar-refractivity contribution >= 4 is 5.91 Å². The highest BCUT2D eigenvalue weighted by Gasteiger charge is 2.26. The molecule has 3 N–H and O–H groups in total. The molecular formula is C15H31N3O3. The van der Waals surface area contributed by atoms with Crippen LogP contribution >= 0.6 is 0 Å². The number of carbonyl (C=O) groups excluding carboxylic acids is 1. The summed E-state index contributed by atoms with van der Waals surface area (Å²) in [6.45, 7) is 5.49. The average molecular weight is 301 g/mol. The number of rotatable bonds is 9. The van der Waals surface area contributed by atoms with E-state index in [9.17, 15) is 4.79 Å². The first-order valence-electron chi connectivity index (χ1n) is 7.92. The van der Waals surface area contributed by atoms with E-state index in [0.717, 1.165) is 25.8 Å². The Bertz CT molecular complexity index is 294. The Hall–Kier alpha value is -0.690. The number of nitrogens with one attached hydrogen (secondary N) is 1. The maximum absolute atomic E-state index is 12.1. The van der Waals surface area contributed by atoms with Crippen LogP contribution in [0.2, 0.25) is 0 Å². The van der Waals surface area contributed by atoms with Crippen molar-refractivity contribution in [3.05, 3.63) is 0 Å². The fourth-order valence-corrected chi connectivity index (χ4v) is 2.50. The Kier molecular flexibility index (Phi) is 8.84. The molecule has 21 heavy (non-hydrogen) atoms. The summed E-state index contributed by atoms with van der Waals surface area (Å²) >= 11 is 0. The van der Waals surface area contributed by atoms with Crippen LogP contribution in [0.25, 0.3) is 0 Å². The predicted octanol–water partition coefficient (Wildman–Crippen LogP) is 0.213. The number of nitrogens with zero attached hydrogens (tertiary/aromatic N) is 1. The molecule has 1 aliphatic rings. The maximum atomic E-state index is 12.1. The van der Waals surface area contributed by atoms with E-state index in [1.54, 1.807) is 0 Å². The summed E-state index contributed by atoms with van der Waals surface area (Å²) in [5, 5.41) is 2.94. The molecule has 1 amide bonds. The minimum absolute atomic E-state index is 0.0447. The highest BCUT2D eigenvalue weighted by atomic mass is 16.5. The van der Waals surface area contributed by atoms with Gasteiger partial charge in [0.15, 0.2) is 0 Å².